The van der Waals surface area contributed by atoms with Gasteiger partial charge in [-0.3, -0.25) is 0 Å². The van der Waals surface area contributed by atoms with E-state index in [0.717, 1.165) is 11.1 Å². The lowest BCUT2D eigenvalue weighted by Gasteiger charge is -2.24. The standard InChI is InChI=1S/C12H19NO/c1-12(2,3)10-7-5-4-6-9(10)11(14)8-13/h4-7,11,14H,8,13H2,1-3H3. The molecule has 1 unspecified atom stereocenters. The van der Waals surface area contributed by atoms with Gasteiger partial charge in [0.2, 0.25) is 0 Å². The van der Waals surface area contributed by atoms with Gasteiger partial charge in [0.25, 0.3) is 0 Å². The zero-order chi connectivity index (χ0) is 10.8. The highest BCUT2D eigenvalue weighted by Crippen LogP contribution is 2.28. The Labute approximate surface area is 85.8 Å². The highest BCUT2D eigenvalue weighted by atomic mass is 16.3. The molecule has 2 heteroatoms. The fourth-order valence-corrected chi connectivity index (χ4v) is 1.60. The highest BCUT2D eigenvalue weighted by molar-refractivity contribution is 5.34. The van der Waals surface area contributed by atoms with E-state index in [1.165, 1.54) is 0 Å². The minimum absolute atomic E-state index is 0.0484. The van der Waals surface area contributed by atoms with Crippen LogP contribution in [0.2, 0.25) is 0 Å². The summed E-state index contributed by atoms with van der Waals surface area (Å²) in [6.07, 6.45) is -0.551. The predicted molar refractivity (Wildman–Crippen MR) is 59.2 cm³/mol. The molecule has 0 saturated carbocycles. The first kappa shape index (κ1) is 11.2. The van der Waals surface area contributed by atoms with E-state index in [0.29, 0.717) is 0 Å². The van der Waals surface area contributed by atoms with E-state index in [1.807, 2.05) is 24.3 Å². The zero-order valence-electron chi connectivity index (χ0n) is 9.12. The number of rotatable bonds is 2. The fraction of sp³-hybridized carbons (Fsp3) is 0.500. The molecule has 2 nitrogen and oxygen atoms in total. The summed E-state index contributed by atoms with van der Waals surface area (Å²) in [5.41, 5.74) is 7.63. The van der Waals surface area contributed by atoms with Crippen molar-refractivity contribution in [2.45, 2.75) is 32.3 Å². The Hall–Kier alpha value is -0.860. The molecule has 0 bridgehead atoms. The third kappa shape index (κ3) is 2.34. The number of hydrogen-bond donors (Lipinski definition) is 2. The summed E-state index contributed by atoms with van der Waals surface area (Å²) >= 11 is 0. The third-order valence-corrected chi connectivity index (χ3v) is 2.35. The Kier molecular flexibility index (Phi) is 3.29. The molecule has 1 rings (SSSR count). The average Bonchev–Trinajstić information content (AvgIpc) is 2.15. The zero-order valence-corrected chi connectivity index (χ0v) is 9.12. The Bertz CT molecular complexity index is 301. The van der Waals surface area contributed by atoms with Crippen LogP contribution >= 0.6 is 0 Å². The van der Waals surface area contributed by atoms with Gasteiger partial charge in [-0.05, 0) is 16.5 Å². The van der Waals surface area contributed by atoms with E-state index in [4.69, 9.17) is 5.73 Å². The molecule has 3 N–H and O–H groups in total. The van der Waals surface area contributed by atoms with Crippen molar-refractivity contribution < 1.29 is 5.11 Å². The van der Waals surface area contributed by atoms with Crippen LogP contribution in [-0.2, 0) is 5.41 Å². The van der Waals surface area contributed by atoms with Crippen LogP contribution in [0.25, 0.3) is 0 Å². The van der Waals surface area contributed by atoms with Crippen LogP contribution in [0.3, 0.4) is 0 Å². The Balaban J connectivity index is 3.16. The van der Waals surface area contributed by atoms with Gasteiger partial charge in [0, 0.05) is 6.54 Å². The van der Waals surface area contributed by atoms with E-state index in [1.54, 1.807) is 0 Å². The topological polar surface area (TPSA) is 46.2 Å². The maximum atomic E-state index is 9.75. The molecule has 0 spiro atoms. The summed E-state index contributed by atoms with van der Waals surface area (Å²) in [5.74, 6) is 0. The maximum absolute atomic E-state index is 9.75. The number of aliphatic hydroxyl groups is 1. The molecule has 0 aliphatic carbocycles. The Morgan fingerprint density at radius 3 is 2.36 bits per heavy atom. The maximum Gasteiger partial charge on any atom is 0.0915 e. The highest BCUT2D eigenvalue weighted by Gasteiger charge is 2.20. The largest absolute Gasteiger partial charge is 0.387 e. The van der Waals surface area contributed by atoms with Crippen molar-refractivity contribution in [3.63, 3.8) is 0 Å². The SMILES string of the molecule is CC(C)(C)c1ccccc1C(O)CN. The van der Waals surface area contributed by atoms with E-state index in [-0.39, 0.29) is 12.0 Å². The van der Waals surface area contributed by atoms with Crippen LogP contribution in [0.4, 0.5) is 0 Å². The van der Waals surface area contributed by atoms with Crippen LogP contribution in [0.5, 0.6) is 0 Å². The van der Waals surface area contributed by atoms with Crippen molar-refractivity contribution in [1.82, 2.24) is 0 Å². The summed E-state index contributed by atoms with van der Waals surface area (Å²) in [7, 11) is 0. The van der Waals surface area contributed by atoms with Gasteiger partial charge in [0.05, 0.1) is 6.10 Å². The Morgan fingerprint density at radius 1 is 1.29 bits per heavy atom. The van der Waals surface area contributed by atoms with Crippen molar-refractivity contribution in [1.29, 1.82) is 0 Å². The lowest BCUT2D eigenvalue weighted by molar-refractivity contribution is 0.184. The molecule has 0 radical (unpaired) electrons. The predicted octanol–water partition coefficient (Wildman–Crippen LogP) is 1.98. The normalized spacial score (nSPS) is 14.1. The second-order valence-corrected chi connectivity index (χ2v) is 4.59. The fourth-order valence-electron chi connectivity index (χ4n) is 1.60. The second kappa shape index (κ2) is 4.11. The molecule has 14 heavy (non-hydrogen) atoms. The van der Waals surface area contributed by atoms with Gasteiger partial charge in [-0.1, -0.05) is 45.0 Å². The summed E-state index contributed by atoms with van der Waals surface area (Å²) in [6, 6.07) is 7.92. The van der Waals surface area contributed by atoms with Crippen molar-refractivity contribution in [2.24, 2.45) is 5.73 Å². The van der Waals surface area contributed by atoms with Gasteiger partial charge in [-0.25, -0.2) is 0 Å². The first-order valence-corrected chi connectivity index (χ1v) is 4.94. The summed E-state index contributed by atoms with van der Waals surface area (Å²) < 4.78 is 0. The van der Waals surface area contributed by atoms with Gasteiger partial charge in [0.15, 0.2) is 0 Å². The molecule has 0 aliphatic heterocycles. The number of aliphatic hydroxyl groups excluding tert-OH is 1. The summed E-state index contributed by atoms with van der Waals surface area (Å²) in [5, 5.41) is 9.75. The first-order valence-electron chi connectivity index (χ1n) is 4.94. The second-order valence-electron chi connectivity index (χ2n) is 4.59. The molecule has 1 aromatic carbocycles. The summed E-state index contributed by atoms with van der Waals surface area (Å²) in [6.45, 7) is 6.67. The quantitative estimate of drug-likeness (QED) is 0.754. The van der Waals surface area contributed by atoms with Gasteiger partial charge < -0.3 is 10.8 Å². The van der Waals surface area contributed by atoms with E-state index in [2.05, 4.69) is 20.8 Å². The number of benzene rings is 1. The molecule has 0 aromatic heterocycles. The molecule has 0 aliphatic rings. The van der Waals surface area contributed by atoms with Crippen LogP contribution in [-0.4, -0.2) is 11.7 Å². The molecule has 0 saturated heterocycles. The molecule has 0 fully saturated rings. The van der Waals surface area contributed by atoms with Crippen molar-refractivity contribution in [3.8, 4) is 0 Å². The van der Waals surface area contributed by atoms with Crippen molar-refractivity contribution in [2.75, 3.05) is 6.54 Å². The van der Waals surface area contributed by atoms with Gasteiger partial charge in [0.1, 0.15) is 0 Å². The minimum Gasteiger partial charge on any atom is -0.387 e. The molecule has 0 amide bonds. The number of nitrogens with two attached hydrogens (primary N) is 1. The molecule has 1 atom stereocenters. The smallest absolute Gasteiger partial charge is 0.0915 e. The van der Waals surface area contributed by atoms with Crippen molar-refractivity contribution >= 4 is 0 Å². The van der Waals surface area contributed by atoms with E-state index in [9.17, 15) is 5.11 Å². The monoisotopic (exact) mass is 193 g/mol. The minimum atomic E-state index is -0.551. The molecule has 78 valence electrons. The first-order chi connectivity index (χ1) is 6.46. The van der Waals surface area contributed by atoms with Gasteiger partial charge in [-0.15, -0.1) is 0 Å². The molecule has 1 aromatic rings. The lowest BCUT2D eigenvalue weighted by atomic mass is 9.82. The lowest BCUT2D eigenvalue weighted by Crippen LogP contribution is -2.19. The van der Waals surface area contributed by atoms with Gasteiger partial charge in [-0.2, -0.15) is 0 Å². The number of hydrogen-bond acceptors (Lipinski definition) is 2. The van der Waals surface area contributed by atoms with Crippen LogP contribution < -0.4 is 5.73 Å². The van der Waals surface area contributed by atoms with Crippen molar-refractivity contribution in [3.05, 3.63) is 35.4 Å². The van der Waals surface area contributed by atoms with Gasteiger partial charge >= 0.3 is 0 Å². The van der Waals surface area contributed by atoms with Crippen LogP contribution in [0.1, 0.15) is 38.0 Å². The van der Waals surface area contributed by atoms with Crippen LogP contribution in [0, 0.1) is 0 Å². The molecular weight excluding hydrogens is 174 g/mol. The summed E-state index contributed by atoms with van der Waals surface area (Å²) in [4.78, 5) is 0. The Morgan fingerprint density at radius 2 is 1.86 bits per heavy atom. The molecule has 0 heterocycles. The molecular formula is C12H19NO. The third-order valence-electron chi connectivity index (χ3n) is 2.35. The van der Waals surface area contributed by atoms with E-state index < -0.39 is 6.10 Å². The van der Waals surface area contributed by atoms with E-state index >= 15 is 0 Å². The average molecular weight is 193 g/mol. The van der Waals surface area contributed by atoms with Crippen LogP contribution in [0.15, 0.2) is 24.3 Å².